The minimum Gasteiger partial charge on any atom is -0.507 e. The largest absolute Gasteiger partial charge is 0.507 e. The van der Waals surface area contributed by atoms with E-state index in [0.717, 1.165) is 0 Å². The number of rotatable bonds is 6. The molecule has 0 aliphatic rings. The lowest BCUT2D eigenvalue weighted by Gasteiger charge is -2.12. The number of carbonyl (C=O) groups is 1. The van der Waals surface area contributed by atoms with E-state index in [4.69, 9.17) is 18.6 Å². The fraction of sp³-hybridized carbons (Fsp3) is 0.200. The van der Waals surface area contributed by atoms with Crippen LogP contribution >= 0.6 is 0 Å². The SMILES string of the molecule is CCOC(=O)COc1cc(-c2cc(=O)c3c(O)cccc3o2)ccc1OC. The summed E-state index contributed by atoms with van der Waals surface area (Å²) < 4.78 is 21.3. The Balaban J connectivity index is 2.00. The van der Waals surface area contributed by atoms with Gasteiger partial charge in [0, 0.05) is 11.6 Å². The Morgan fingerprint density at radius 1 is 1.15 bits per heavy atom. The van der Waals surface area contributed by atoms with Crippen LogP contribution in [-0.4, -0.2) is 31.4 Å². The molecule has 0 amide bonds. The topological polar surface area (TPSA) is 95.2 Å². The molecule has 0 aliphatic heterocycles. The van der Waals surface area contributed by atoms with Gasteiger partial charge in [-0.2, -0.15) is 0 Å². The number of hydrogen-bond donors (Lipinski definition) is 1. The van der Waals surface area contributed by atoms with Crippen LogP contribution in [0.1, 0.15) is 6.92 Å². The van der Waals surface area contributed by atoms with Crippen molar-refractivity contribution in [3.63, 3.8) is 0 Å². The fourth-order valence-corrected chi connectivity index (χ4v) is 2.62. The second-order valence-corrected chi connectivity index (χ2v) is 5.58. The molecule has 7 heteroatoms. The number of methoxy groups -OCH3 is 1. The number of esters is 1. The molecular weight excluding hydrogens is 352 g/mol. The zero-order valence-electron chi connectivity index (χ0n) is 14.9. The Bertz CT molecular complexity index is 1040. The van der Waals surface area contributed by atoms with Crippen LogP contribution in [0.4, 0.5) is 0 Å². The maximum atomic E-state index is 12.4. The molecule has 3 aromatic rings. The minimum atomic E-state index is -0.502. The highest BCUT2D eigenvalue weighted by Gasteiger charge is 2.14. The van der Waals surface area contributed by atoms with Crippen molar-refractivity contribution >= 4 is 16.9 Å². The molecule has 0 saturated carbocycles. The molecule has 0 unspecified atom stereocenters. The second-order valence-electron chi connectivity index (χ2n) is 5.58. The predicted molar refractivity (Wildman–Crippen MR) is 98.3 cm³/mol. The summed E-state index contributed by atoms with van der Waals surface area (Å²) >= 11 is 0. The van der Waals surface area contributed by atoms with Gasteiger partial charge < -0.3 is 23.7 Å². The van der Waals surface area contributed by atoms with E-state index in [0.29, 0.717) is 22.8 Å². The van der Waals surface area contributed by atoms with Crippen LogP contribution < -0.4 is 14.9 Å². The summed E-state index contributed by atoms with van der Waals surface area (Å²) in [5.74, 6) is 0.380. The van der Waals surface area contributed by atoms with Crippen LogP contribution in [0.2, 0.25) is 0 Å². The normalized spacial score (nSPS) is 10.6. The van der Waals surface area contributed by atoms with Gasteiger partial charge in [0.2, 0.25) is 0 Å². The lowest BCUT2D eigenvalue weighted by molar-refractivity contribution is -0.145. The first-order chi connectivity index (χ1) is 13.0. The molecule has 7 nitrogen and oxygen atoms in total. The van der Waals surface area contributed by atoms with Crippen molar-refractivity contribution in [1.29, 1.82) is 0 Å². The van der Waals surface area contributed by atoms with E-state index in [1.165, 1.54) is 19.2 Å². The van der Waals surface area contributed by atoms with Gasteiger partial charge in [0.05, 0.1) is 13.7 Å². The molecule has 1 N–H and O–H groups in total. The van der Waals surface area contributed by atoms with E-state index in [1.807, 2.05) is 0 Å². The van der Waals surface area contributed by atoms with Gasteiger partial charge in [-0.05, 0) is 37.3 Å². The number of benzene rings is 2. The van der Waals surface area contributed by atoms with Crippen LogP contribution in [0.3, 0.4) is 0 Å². The van der Waals surface area contributed by atoms with E-state index in [9.17, 15) is 14.7 Å². The standard InChI is InChI=1S/C20H18O7/c1-3-25-19(23)11-26-18-9-12(7-8-15(18)24-2)17-10-14(22)20-13(21)5-4-6-16(20)27-17/h4-10,21H,3,11H2,1-2H3. The molecule has 0 bridgehead atoms. The Morgan fingerprint density at radius 3 is 2.70 bits per heavy atom. The van der Waals surface area contributed by atoms with Crippen molar-refractivity contribution in [3.8, 4) is 28.6 Å². The number of hydrogen-bond acceptors (Lipinski definition) is 7. The highest BCUT2D eigenvalue weighted by Crippen LogP contribution is 2.33. The van der Waals surface area contributed by atoms with E-state index in [-0.39, 0.29) is 35.4 Å². The van der Waals surface area contributed by atoms with Gasteiger partial charge in [-0.1, -0.05) is 6.07 Å². The first kappa shape index (κ1) is 18.3. The van der Waals surface area contributed by atoms with Crippen molar-refractivity contribution in [2.45, 2.75) is 6.92 Å². The van der Waals surface area contributed by atoms with Gasteiger partial charge in [-0.15, -0.1) is 0 Å². The molecule has 140 valence electrons. The maximum Gasteiger partial charge on any atom is 0.344 e. The molecule has 3 rings (SSSR count). The first-order valence-electron chi connectivity index (χ1n) is 8.26. The minimum absolute atomic E-state index is 0.119. The fourth-order valence-electron chi connectivity index (χ4n) is 2.62. The highest BCUT2D eigenvalue weighted by molar-refractivity contribution is 5.84. The maximum absolute atomic E-state index is 12.4. The quantitative estimate of drug-likeness (QED) is 0.666. The average Bonchev–Trinajstić information content (AvgIpc) is 2.66. The highest BCUT2D eigenvalue weighted by atomic mass is 16.6. The van der Waals surface area contributed by atoms with E-state index in [1.54, 1.807) is 37.3 Å². The van der Waals surface area contributed by atoms with Crippen LogP contribution in [0.5, 0.6) is 17.2 Å². The van der Waals surface area contributed by atoms with Crippen molar-refractivity contribution in [2.24, 2.45) is 0 Å². The molecule has 1 aromatic heterocycles. The monoisotopic (exact) mass is 370 g/mol. The zero-order chi connectivity index (χ0) is 19.4. The first-order valence-corrected chi connectivity index (χ1v) is 8.26. The molecular formula is C20H18O7. The van der Waals surface area contributed by atoms with E-state index in [2.05, 4.69) is 0 Å². The molecule has 27 heavy (non-hydrogen) atoms. The smallest absolute Gasteiger partial charge is 0.344 e. The van der Waals surface area contributed by atoms with Gasteiger partial charge in [0.25, 0.3) is 0 Å². The summed E-state index contributed by atoms with van der Waals surface area (Å²) in [5.41, 5.74) is 0.452. The van der Waals surface area contributed by atoms with E-state index < -0.39 is 5.97 Å². The molecule has 0 fully saturated rings. The molecule has 0 radical (unpaired) electrons. The van der Waals surface area contributed by atoms with Crippen molar-refractivity contribution in [1.82, 2.24) is 0 Å². The molecule has 0 aliphatic carbocycles. The lowest BCUT2D eigenvalue weighted by Crippen LogP contribution is -2.14. The molecule has 0 spiro atoms. The van der Waals surface area contributed by atoms with Gasteiger partial charge in [-0.25, -0.2) is 4.79 Å². The van der Waals surface area contributed by atoms with Crippen LogP contribution in [0.15, 0.2) is 51.7 Å². The Hall–Kier alpha value is -3.48. The summed E-state index contributed by atoms with van der Waals surface area (Å²) in [4.78, 5) is 23.9. The molecule has 0 atom stereocenters. The zero-order valence-corrected chi connectivity index (χ0v) is 14.9. The van der Waals surface area contributed by atoms with Crippen LogP contribution in [0, 0.1) is 0 Å². The Kier molecular flexibility index (Phi) is 5.30. The number of aromatic hydroxyl groups is 1. The van der Waals surface area contributed by atoms with Crippen molar-refractivity contribution in [3.05, 3.63) is 52.7 Å². The number of ether oxygens (including phenoxy) is 3. The predicted octanol–water partition coefficient (Wildman–Crippen LogP) is 3.12. The number of fused-ring (bicyclic) bond motifs is 1. The summed E-state index contributed by atoms with van der Waals surface area (Å²) in [5, 5.41) is 9.97. The molecule has 1 heterocycles. The number of carbonyl (C=O) groups excluding carboxylic acids is 1. The number of phenolic OH excluding ortho intramolecular Hbond substituents is 1. The molecule has 2 aromatic carbocycles. The van der Waals surface area contributed by atoms with Crippen LogP contribution in [0.25, 0.3) is 22.3 Å². The third-order valence-electron chi connectivity index (χ3n) is 3.83. The Morgan fingerprint density at radius 2 is 1.96 bits per heavy atom. The lowest BCUT2D eigenvalue weighted by atomic mass is 10.1. The summed E-state index contributed by atoms with van der Waals surface area (Å²) in [6, 6.07) is 10.8. The molecule has 0 saturated heterocycles. The van der Waals surface area contributed by atoms with Gasteiger partial charge in [0.1, 0.15) is 22.5 Å². The van der Waals surface area contributed by atoms with E-state index >= 15 is 0 Å². The van der Waals surface area contributed by atoms with Crippen molar-refractivity contribution < 1.29 is 28.5 Å². The van der Waals surface area contributed by atoms with Crippen LogP contribution in [-0.2, 0) is 9.53 Å². The average molecular weight is 370 g/mol. The second kappa shape index (κ2) is 7.82. The Labute approximate surface area is 154 Å². The van der Waals surface area contributed by atoms with Gasteiger partial charge in [0.15, 0.2) is 23.5 Å². The van der Waals surface area contributed by atoms with Gasteiger partial charge in [-0.3, -0.25) is 4.79 Å². The van der Waals surface area contributed by atoms with Crippen molar-refractivity contribution in [2.75, 3.05) is 20.3 Å². The third kappa shape index (κ3) is 3.87. The van der Waals surface area contributed by atoms with Gasteiger partial charge >= 0.3 is 5.97 Å². The number of phenols is 1. The summed E-state index contributed by atoms with van der Waals surface area (Å²) in [6.45, 7) is 1.69. The third-order valence-corrected chi connectivity index (χ3v) is 3.83. The summed E-state index contributed by atoms with van der Waals surface area (Å²) in [7, 11) is 1.48. The summed E-state index contributed by atoms with van der Waals surface area (Å²) in [6.07, 6.45) is 0.